The van der Waals surface area contributed by atoms with E-state index < -0.39 is 0 Å². The van der Waals surface area contributed by atoms with Crippen LogP contribution < -0.4 is 10.1 Å². The Morgan fingerprint density at radius 1 is 1.13 bits per heavy atom. The van der Waals surface area contributed by atoms with Gasteiger partial charge in [0.05, 0.1) is 25.9 Å². The molecular weight excluding hydrogens is 507 g/mol. The lowest BCUT2D eigenvalue weighted by molar-refractivity contribution is -0.0817. The van der Waals surface area contributed by atoms with E-state index in [-0.39, 0.29) is 42.2 Å². The number of methoxy groups -OCH3 is 1. The fraction of sp³-hybridized carbons (Fsp3) is 0.696. The summed E-state index contributed by atoms with van der Waals surface area (Å²) in [6.07, 6.45) is 5.09. The maximum Gasteiger partial charge on any atom is 0.193 e. The number of hydrogen-bond acceptors (Lipinski definition) is 5. The number of morpholine rings is 1. The fourth-order valence-corrected chi connectivity index (χ4v) is 4.94. The third kappa shape index (κ3) is 6.03. The molecule has 3 saturated heterocycles. The third-order valence-corrected chi connectivity index (χ3v) is 6.52. The predicted octanol–water partition coefficient (Wildman–Crippen LogP) is 2.91. The van der Waals surface area contributed by atoms with E-state index in [1.807, 2.05) is 13.1 Å². The summed E-state index contributed by atoms with van der Waals surface area (Å²) in [5, 5.41) is 3.66. The van der Waals surface area contributed by atoms with Gasteiger partial charge in [0, 0.05) is 38.9 Å². The van der Waals surface area contributed by atoms with Crippen LogP contribution >= 0.6 is 24.0 Å². The molecule has 174 valence electrons. The number of rotatable bonds is 6. The highest BCUT2D eigenvalue weighted by atomic mass is 127. The minimum absolute atomic E-state index is 0. The minimum Gasteiger partial charge on any atom is -0.496 e. The second-order valence-corrected chi connectivity index (χ2v) is 8.34. The largest absolute Gasteiger partial charge is 0.496 e. The molecule has 8 heteroatoms. The van der Waals surface area contributed by atoms with Crippen LogP contribution in [0.3, 0.4) is 0 Å². The summed E-state index contributed by atoms with van der Waals surface area (Å²) >= 11 is 0. The Bertz CT molecular complexity index is 708. The number of aliphatic imine (C=N–C) groups is 1. The van der Waals surface area contributed by atoms with E-state index in [0.29, 0.717) is 6.61 Å². The van der Waals surface area contributed by atoms with Gasteiger partial charge in [0.2, 0.25) is 0 Å². The highest BCUT2D eigenvalue weighted by Gasteiger charge is 2.33. The molecule has 1 aromatic carbocycles. The molecule has 3 fully saturated rings. The van der Waals surface area contributed by atoms with Crippen molar-refractivity contribution in [3.63, 3.8) is 0 Å². The number of halogens is 1. The first-order valence-corrected chi connectivity index (χ1v) is 11.4. The lowest BCUT2D eigenvalue weighted by Crippen LogP contribution is -2.54. The quantitative estimate of drug-likeness (QED) is 0.338. The number of para-hydroxylation sites is 1. The Labute approximate surface area is 203 Å². The molecule has 0 saturated carbocycles. The summed E-state index contributed by atoms with van der Waals surface area (Å²) in [6.45, 7) is 6.30. The van der Waals surface area contributed by atoms with Gasteiger partial charge in [-0.2, -0.15) is 0 Å². The van der Waals surface area contributed by atoms with Crippen LogP contribution in [0.25, 0.3) is 0 Å². The number of benzene rings is 1. The molecule has 0 radical (unpaired) electrons. The molecule has 3 heterocycles. The second-order valence-electron chi connectivity index (χ2n) is 8.34. The standard InChI is InChI=1S/C23H36N4O3.HI/c1-24-23(27-13-15-30-22(17-27)21-10-7-14-29-21)25-16-19(26-11-5-6-12-26)18-8-3-4-9-20(18)28-2;/h3-4,8-9,19,21-22H,5-7,10-17H2,1-2H3,(H,24,25);1H. The molecule has 0 amide bonds. The Morgan fingerprint density at radius 2 is 1.90 bits per heavy atom. The molecule has 3 aliphatic heterocycles. The van der Waals surface area contributed by atoms with Gasteiger partial charge in [0.25, 0.3) is 0 Å². The number of guanidine groups is 1. The molecule has 4 rings (SSSR count). The van der Waals surface area contributed by atoms with Gasteiger partial charge in [-0.3, -0.25) is 9.89 Å². The van der Waals surface area contributed by atoms with Crippen LogP contribution in [0.4, 0.5) is 0 Å². The Hall–Kier alpha value is -1.10. The molecule has 0 aliphatic carbocycles. The van der Waals surface area contributed by atoms with Crippen LogP contribution in [-0.4, -0.2) is 88.1 Å². The number of nitrogens with one attached hydrogen (secondary N) is 1. The lowest BCUT2D eigenvalue weighted by atomic mass is 10.0. The Kier molecular flexibility index (Phi) is 9.68. The van der Waals surface area contributed by atoms with Gasteiger partial charge in [-0.1, -0.05) is 18.2 Å². The summed E-state index contributed by atoms with van der Waals surface area (Å²) < 4.78 is 17.6. The molecule has 3 aliphatic rings. The van der Waals surface area contributed by atoms with Gasteiger partial charge >= 0.3 is 0 Å². The molecule has 1 aromatic rings. The zero-order valence-corrected chi connectivity index (χ0v) is 21.1. The van der Waals surface area contributed by atoms with Crippen molar-refractivity contribution < 1.29 is 14.2 Å². The zero-order valence-electron chi connectivity index (χ0n) is 18.8. The average Bonchev–Trinajstić information content (AvgIpc) is 3.52. The fourth-order valence-electron chi connectivity index (χ4n) is 4.94. The van der Waals surface area contributed by atoms with Gasteiger partial charge in [-0.25, -0.2) is 0 Å². The summed E-state index contributed by atoms with van der Waals surface area (Å²) in [5.74, 6) is 1.90. The van der Waals surface area contributed by atoms with Gasteiger partial charge in [-0.15, -0.1) is 24.0 Å². The van der Waals surface area contributed by atoms with E-state index in [0.717, 1.165) is 63.9 Å². The Balaban J connectivity index is 0.00000272. The summed E-state index contributed by atoms with van der Waals surface area (Å²) in [5.41, 5.74) is 1.24. The van der Waals surface area contributed by atoms with E-state index in [9.17, 15) is 0 Å². The topological polar surface area (TPSA) is 58.6 Å². The van der Waals surface area contributed by atoms with Gasteiger partial charge in [0.15, 0.2) is 5.96 Å². The summed E-state index contributed by atoms with van der Waals surface area (Å²) in [6, 6.07) is 8.64. The second kappa shape index (κ2) is 12.2. The van der Waals surface area contributed by atoms with Crippen molar-refractivity contribution in [2.24, 2.45) is 4.99 Å². The minimum atomic E-state index is 0. The summed E-state index contributed by atoms with van der Waals surface area (Å²) in [7, 11) is 3.62. The number of hydrogen-bond donors (Lipinski definition) is 1. The first kappa shape index (κ1) is 24.5. The van der Waals surface area contributed by atoms with Crippen molar-refractivity contribution in [3.8, 4) is 5.75 Å². The zero-order chi connectivity index (χ0) is 20.8. The highest BCUT2D eigenvalue weighted by molar-refractivity contribution is 14.0. The molecule has 7 nitrogen and oxygen atoms in total. The molecule has 1 N–H and O–H groups in total. The molecule has 3 unspecified atom stereocenters. The molecule has 0 aromatic heterocycles. The van der Waals surface area contributed by atoms with E-state index in [1.54, 1.807) is 7.11 Å². The van der Waals surface area contributed by atoms with Gasteiger partial charge in [0.1, 0.15) is 11.9 Å². The van der Waals surface area contributed by atoms with Crippen LogP contribution in [0.15, 0.2) is 29.3 Å². The third-order valence-electron chi connectivity index (χ3n) is 6.52. The molecule has 3 atom stereocenters. The van der Waals surface area contributed by atoms with Crippen molar-refractivity contribution in [2.75, 3.05) is 60.1 Å². The maximum atomic E-state index is 6.02. The first-order chi connectivity index (χ1) is 14.8. The Morgan fingerprint density at radius 3 is 2.61 bits per heavy atom. The summed E-state index contributed by atoms with van der Waals surface area (Å²) in [4.78, 5) is 9.47. The van der Waals surface area contributed by atoms with Crippen LogP contribution in [-0.2, 0) is 9.47 Å². The van der Waals surface area contributed by atoms with Crippen LogP contribution in [0, 0.1) is 0 Å². The smallest absolute Gasteiger partial charge is 0.193 e. The monoisotopic (exact) mass is 544 g/mol. The van der Waals surface area contributed by atoms with E-state index in [4.69, 9.17) is 14.2 Å². The molecule has 0 spiro atoms. The van der Waals surface area contributed by atoms with Crippen molar-refractivity contribution in [1.82, 2.24) is 15.1 Å². The van der Waals surface area contributed by atoms with Crippen LogP contribution in [0.2, 0.25) is 0 Å². The van der Waals surface area contributed by atoms with Gasteiger partial charge < -0.3 is 24.4 Å². The number of ether oxygens (including phenoxy) is 3. The SMILES string of the molecule is CN=C(NCC(c1ccccc1OC)N1CCCC1)N1CCOC(C2CCCO2)C1.I. The highest BCUT2D eigenvalue weighted by Crippen LogP contribution is 2.31. The van der Waals surface area contributed by atoms with Gasteiger partial charge in [-0.05, 0) is 44.8 Å². The van der Waals surface area contributed by atoms with Crippen molar-refractivity contribution in [3.05, 3.63) is 29.8 Å². The van der Waals surface area contributed by atoms with Crippen LogP contribution in [0.1, 0.15) is 37.3 Å². The molecular formula is C23H37IN4O3. The molecule has 31 heavy (non-hydrogen) atoms. The lowest BCUT2D eigenvalue weighted by Gasteiger charge is -2.38. The number of likely N-dealkylation sites (tertiary alicyclic amines) is 1. The van der Waals surface area contributed by atoms with E-state index in [2.05, 4.69) is 38.3 Å². The van der Waals surface area contributed by atoms with E-state index >= 15 is 0 Å². The maximum absolute atomic E-state index is 6.02. The first-order valence-electron chi connectivity index (χ1n) is 11.4. The van der Waals surface area contributed by atoms with Crippen molar-refractivity contribution in [2.45, 2.75) is 43.9 Å². The van der Waals surface area contributed by atoms with E-state index in [1.165, 1.54) is 18.4 Å². The number of nitrogens with zero attached hydrogens (tertiary/aromatic N) is 3. The predicted molar refractivity (Wildman–Crippen MR) is 134 cm³/mol. The molecule has 0 bridgehead atoms. The normalized spacial score (nSPS) is 25.9. The average molecular weight is 544 g/mol. The van der Waals surface area contributed by atoms with Crippen molar-refractivity contribution >= 4 is 29.9 Å². The van der Waals surface area contributed by atoms with Crippen molar-refractivity contribution in [1.29, 1.82) is 0 Å². The van der Waals surface area contributed by atoms with Crippen LogP contribution in [0.5, 0.6) is 5.75 Å².